The Morgan fingerprint density at radius 2 is 2.05 bits per heavy atom. The summed E-state index contributed by atoms with van der Waals surface area (Å²) < 4.78 is 0. The Balaban J connectivity index is 2.60. The molecule has 0 saturated heterocycles. The lowest BCUT2D eigenvalue weighted by molar-refractivity contribution is -0.134. The first-order chi connectivity index (χ1) is 8.95. The van der Waals surface area contributed by atoms with Crippen LogP contribution in [0.2, 0.25) is 10.0 Å². The largest absolute Gasteiger partial charge is 0.341 e. The van der Waals surface area contributed by atoms with E-state index in [2.05, 4.69) is 5.32 Å². The van der Waals surface area contributed by atoms with Gasteiger partial charge in [-0.15, -0.1) is 0 Å². The van der Waals surface area contributed by atoms with E-state index in [1.165, 1.54) is 0 Å². The van der Waals surface area contributed by atoms with Crippen molar-refractivity contribution in [3.8, 4) is 0 Å². The number of carbonyl (C=O) groups is 1. The zero-order valence-electron chi connectivity index (χ0n) is 11.5. The minimum absolute atomic E-state index is 0.0345. The van der Waals surface area contributed by atoms with E-state index in [1.807, 2.05) is 19.9 Å². The summed E-state index contributed by atoms with van der Waals surface area (Å²) >= 11 is 11.8. The van der Waals surface area contributed by atoms with Crippen LogP contribution in [-0.4, -0.2) is 30.9 Å². The molecule has 0 aliphatic rings. The molecule has 0 aliphatic carbocycles. The van der Waals surface area contributed by atoms with Crippen LogP contribution in [0.15, 0.2) is 18.2 Å². The molecule has 106 valence electrons. The standard InChI is InChI=1S/C14H20Cl2N2O/c1-4-17-8-10(2)14(19)18(3)9-11-5-6-12(15)13(16)7-11/h5-7,10,17H,4,8-9H2,1-3H3. The molecule has 1 rings (SSSR count). The van der Waals surface area contributed by atoms with Crippen molar-refractivity contribution < 1.29 is 4.79 Å². The number of carbonyl (C=O) groups excluding carboxylic acids is 1. The molecule has 0 aromatic heterocycles. The molecule has 0 radical (unpaired) electrons. The van der Waals surface area contributed by atoms with E-state index in [-0.39, 0.29) is 11.8 Å². The zero-order chi connectivity index (χ0) is 14.4. The first-order valence-electron chi connectivity index (χ1n) is 6.35. The summed E-state index contributed by atoms with van der Waals surface area (Å²) in [6.07, 6.45) is 0. The van der Waals surface area contributed by atoms with Gasteiger partial charge in [-0.1, -0.05) is 43.1 Å². The van der Waals surface area contributed by atoms with Gasteiger partial charge >= 0.3 is 0 Å². The Morgan fingerprint density at radius 3 is 2.63 bits per heavy atom. The average Bonchev–Trinajstić information content (AvgIpc) is 2.39. The molecular weight excluding hydrogens is 283 g/mol. The van der Waals surface area contributed by atoms with Gasteiger partial charge in [-0.3, -0.25) is 4.79 Å². The van der Waals surface area contributed by atoms with Gasteiger partial charge < -0.3 is 10.2 Å². The van der Waals surface area contributed by atoms with Crippen molar-refractivity contribution in [3.05, 3.63) is 33.8 Å². The van der Waals surface area contributed by atoms with Crippen LogP contribution in [0.25, 0.3) is 0 Å². The Hall–Kier alpha value is -0.770. The summed E-state index contributed by atoms with van der Waals surface area (Å²) in [6, 6.07) is 5.43. The molecule has 19 heavy (non-hydrogen) atoms. The molecule has 0 fully saturated rings. The molecule has 0 saturated carbocycles. The molecule has 0 bridgehead atoms. The highest BCUT2D eigenvalue weighted by Crippen LogP contribution is 2.23. The van der Waals surface area contributed by atoms with Crippen LogP contribution in [0.3, 0.4) is 0 Å². The SMILES string of the molecule is CCNCC(C)C(=O)N(C)Cc1ccc(Cl)c(Cl)c1. The number of amides is 1. The molecule has 5 heteroatoms. The van der Waals surface area contributed by atoms with Crippen molar-refractivity contribution in [1.82, 2.24) is 10.2 Å². The smallest absolute Gasteiger partial charge is 0.226 e. The maximum absolute atomic E-state index is 12.1. The molecule has 0 heterocycles. The van der Waals surface area contributed by atoms with E-state index in [9.17, 15) is 4.79 Å². The summed E-state index contributed by atoms with van der Waals surface area (Å²) in [5.74, 6) is 0.0831. The van der Waals surface area contributed by atoms with Crippen molar-refractivity contribution in [1.29, 1.82) is 0 Å². The third-order valence-electron chi connectivity index (χ3n) is 2.90. The topological polar surface area (TPSA) is 32.3 Å². The monoisotopic (exact) mass is 302 g/mol. The molecule has 3 nitrogen and oxygen atoms in total. The van der Waals surface area contributed by atoms with Gasteiger partial charge in [0.05, 0.1) is 10.0 Å². The highest BCUT2D eigenvalue weighted by Gasteiger charge is 2.17. The fraction of sp³-hybridized carbons (Fsp3) is 0.500. The van der Waals surface area contributed by atoms with Gasteiger partial charge in [-0.2, -0.15) is 0 Å². The Bertz CT molecular complexity index is 437. The van der Waals surface area contributed by atoms with E-state index in [1.54, 1.807) is 24.1 Å². The molecule has 0 spiro atoms. The first kappa shape index (κ1) is 16.3. The molecule has 1 aromatic rings. The van der Waals surface area contributed by atoms with Gasteiger partial charge in [0.2, 0.25) is 5.91 Å². The second-order valence-electron chi connectivity index (χ2n) is 4.65. The number of nitrogens with zero attached hydrogens (tertiary/aromatic N) is 1. The lowest BCUT2D eigenvalue weighted by Gasteiger charge is -2.22. The lowest BCUT2D eigenvalue weighted by Crippen LogP contribution is -2.36. The van der Waals surface area contributed by atoms with Crippen LogP contribution in [-0.2, 0) is 11.3 Å². The number of nitrogens with one attached hydrogen (secondary N) is 1. The second kappa shape index (κ2) is 7.73. The summed E-state index contributed by atoms with van der Waals surface area (Å²) in [7, 11) is 1.80. The van der Waals surface area contributed by atoms with Gasteiger partial charge in [-0.05, 0) is 24.2 Å². The molecule has 1 amide bonds. The lowest BCUT2D eigenvalue weighted by atomic mass is 10.1. The highest BCUT2D eigenvalue weighted by molar-refractivity contribution is 6.42. The van der Waals surface area contributed by atoms with E-state index >= 15 is 0 Å². The van der Waals surface area contributed by atoms with Crippen LogP contribution in [0, 0.1) is 5.92 Å². The van der Waals surface area contributed by atoms with Crippen molar-refractivity contribution in [2.45, 2.75) is 20.4 Å². The van der Waals surface area contributed by atoms with E-state index in [0.29, 0.717) is 23.1 Å². The Morgan fingerprint density at radius 1 is 1.37 bits per heavy atom. The van der Waals surface area contributed by atoms with Gasteiger partial charge in [-0.25, -0.2) is 0 Å². The maximum Gasteiger partial charge on any atom is 0.226 e. The zero-order valence-corrected chi connectivity index (χ0v) is 13.1. The van der Waals surface area contributed by atoms with Crippen LogP contribution in [0.1, 0.15) is 19.4 Å². The van der Waals surface area contributed by atoms with Crippen molar-refractivity contribution in [3.63, 3.8) is 0 Å². The first-order valence-corrected chi connectivity index (χ1v) is 7.11. The van der Waals surface area contributed by atoms with Gasteiger partial charge in [0, 0.05) is 26.1 Å². The van der Waals surface area contributed by atoms with E-state index in [0.717, 1.165) is 12.1 Å². The van der Waals surface area contributed by atoms with Crippen molar-refractivity contribution >= 4 is 29.1 Å². The summed E-state index contributed by atoms with van der Waals surface area (Å²) in [4.78, 5) is 13.8. The predicted octanol–water partition coefficient (Wildman–Crippen LogP) is 3.20. The van der Waals surface area contributed by atoms with Gasteiger partial charge in [0.15, 0.2) is 0 Å². The third-order valence-corrected chi connectivity index (χ3v) is 3.64. The quantitative estimate of drug-likeness (QED) is 0.875. The van der Waals surface area contributed by atoms with Crippen LogP contribution in [0.5, 0.6) is 0 Å². The van der Waals surface area contributed by atoms with Crippen molar-refractivity contribution in [2.24, 2.45) is 5.92 Å². The number of rotatable bonds is 6. The summed E-state index contributed by atoms with van der Waals surface area (Å²) in [5.41, 5.74) is 0.973. The molecule has 0 aliphatic heterocycles. The van der Waals surface area contributed by atoms with Gasteiger partial charge in [0.25, 0.3) is 0 Å². The molecule has 1 atom stereocenters. The average molecular weight is 303 g/mol. The van der Waals surface area contributed by atoms with E-state index < -0.39 is 0 Å². The number of halogens is 2. The third kappa shape index (κ3) is 5.01. The minimum atomic E-state index is -0.0345. The molecule has 1 aromatic carbocycles. The Kier molecular flexibility index (Phi) is 6.63. The molecular formula is C14H20Cl2N2O. The summed E-state index contributed by atoms with van der Waals surface area (Å²) in [5, 5.41) is 4.22. The normalized spacial score (nSPS) is 12.3. The van der Waals surface area contributed by atoms with Crippen LogP contribution < -0.4 is 5.32 Å². The minimum Gasteiger partial charge on any atom is -0.341 e. The second-order valence-corrected chi connectivity index (χ2v) is 5.47. The number of hydrogen-bond donors (Lipinski definition) is 1. The van der Waals surface area contributed by atoms with Crippen LogP contribution in [0.4, 0.5) is 0 Å². The summed E-state index contributed by atoms with van der Waals surface area (Å²) in [6.45, 7) is 6.05. The van der Waals surface area contributed by atoms with Crippen LogP contribution >= 0.6 is 23.2 Å². The number of benzene rings is 1. The van der Waals surface area contributed by atoms with E-state index in [4.69, 9.17) is 23.2 Å². The highest BCUT2D eigenvalue weighted by atomic mass is 35.5. The van der Waals surface area contributed by atoms with Gasteiger partial charge in [0.1, 0.15) is 0 Å². The van der Waals surface area contributed by atoms with Crippen molar-refractivity contribution in [2.75, 3.05) is 20.1 Å². The molecule has 1 N–H and O–H groups in total. The number of hydrogen-bond acceptors (Lipinski definition) is 2. The fourth-order valence-electron chi connectivity index (χ4n) is 1.81. The predicted molar refractivity (Wildman–Crippen MR) is 80.6 cm³/mol. The Labute approximate surface area is 124 Å². The maximum atomic E-state index is 12.1. The fourth-order valence-corrected chi connectivity index (χ4v) is 2.13. The molecule has 1 unspecified atom stereocenters.